The molecule has 0 saturated carbocycles. The minimum absolute atomic E-state index is 0.235. The van der Waals surface area contributed by atoms with E-state index in [1.165, 1.54) is 27.4 Å². The summed E-state index contributed by atoms with van der Waals surface area (Å²) in [4.78, 5) is 11.5. The molecular formula is C10H17N3O4S. The summed E-state index contributed by atoms with van der Waals surface area (Å²) in [5.41, 5.74) is 0. The summed E-state index contributed by atoms with van der Waals surface area (Å²) >= 11 is 0. The average Bonchev–Trinajstić information content (AvgIpc) is 2.78. The number of furan rings is 1. The molecule has 0 atom stereocenters. The van der Waals surface area contributed by atoms with Crippen LogP contribution in [0.3, 0.4) is 0 Å². The zero-order valence-electron chi connectivity index (χ0n) is 10.6. The van der Waals surface area contributed by atoms with E-state index in [4.69, 9.17) is 4.42 Å². The van der Waals surface area contributed by atoms with E-state index in [0.717, 1.165) is 8.61 Å². The lowest BCUT2D eigenvalue weighted by atomic mass is 10.4. The van der Waals surface area contributed by atoms with Crippen LogP contribution in [0.4, 0.5) is 0 Å². The van der Waals surface area contributed by atoms with Crippen molar-refractivity contribution in [2.24, 2.45) is 0 Å². The lowest BCUT2D eigenvalue weighted by Crippen LogP contribution is -2.43. The molecule has 7 nitrogen and oxygen atoms in total. The molecule has 102 valence electrons. The van der Waals surface area contributed by atoms with E-state index in [0.29, 0.717) is 5.76 Å². The number of carbonyl (C=O) groups excluding carboxylic acids is 1. The first-order valence-corrected chi connectivity index (χ1v) is 6.66. The monoisotopic (exact) mass is 275 g/mol. The first-order valence-electron chi connectivity index (χ1n) is 5.27. The molecule has 1 aromatic rings. The summed E-state index contributed by atoms with van der Waals surface area (Å²) < 4.78 is 30.4. The highest BCUT2D eigenvalue weighted by Gasteiger charge is 2.22. The van der Waals surface area contributed by atoms with Gasteiger partial charge in [0.1, 0.15) is 5.76 Å². The number of hydrogen-bond acceptors (Lipinski definition) is 4. The van der Waals surface area contributed by atoms with Crippen molar-refractivity contribution in [3.8, 4) is 0 Å². The molecule has 0 spiro atoms. The third kappa shape index (κ3) is 3.83. The van der Waals surface area contributed by atoms with E-state index in [1.54, 1.807) is 12.1 Å². The van der Waals surface area contributed by atoms with Crippen molar-refractivity contribution in [1.29, 1.82) is 0 Å². The van der Waals surface area contributed by atoms with Crippen LogP contribution in [-0.4, -0.2) is 50.6 Å². The Morgan fingerprint density at radius 3 is 2.56 bits per heavy atom. The third-order valence-electron chi connectivity index (χ3n) is 2.26. The fourth-order valence-electron chi connectivity index (χ4n) is 1.22. The molecule has 1 aromatic heterocycles. The summed E-state index contributed by atoms with van der Waals surface area (Å²) in [5.74, 6) is 0.223. The second-order valence-corrected chi connectivity index (χ2v) is 6.15. The van der Waals surface area contributed by atoms with Gasteiger partial charge < -0.3 is 9.73 Å². The maximum atomic E-state index is 11.7. The van der Waals surface area contributed by atoms with Crippen molar-refractivity contribution in [3.63, 3.8) is 0 Å². The predicted octanol–water partition coefficient (Wildman–Crippen LogP) is -0.366. The Hall–Kier alpha value is -1.38. The van der Waals surface area contributed by atoms with E-state index in [-0.39, 0.29) is 19.0 Å². The van der Waals surface area contributed by atoms with Gasteiger partial charge in [0, 0.05) is 21.1 Å². The van der Waals surface area contributed by atoms with Crippen molar-refractivity contribution in [2.45, 2.75) is 6.54 Å². The molecule has 0 fully saturated rings. The Morgan fingerprint density at radius 1 is 1.39 bits per heavy atom. The van der Waals surface area contributed by atoms with Gasteiger partial charge >= 0.3 is 0 Å². The van der Waals surface area contributed by atoms with E-state index in [9.17, 15) is 13.2 Å². The first-order chi connectivity index (χ1) is 8.34. The average molecular weight is 275 g/mol. The molecule has 1 amide bonds. The van der Waals surface area contributed by atoms with Crippen LogP contribution in [0.2, 0.25) is 0 Å². The highest BCUT2D eigenvalue weighted by molar-refractivity contribution is 7.86. The van der Waals surface area contributed by atoms with Crippen LogP contribution in [0.5, 0.6) is 0 Å². The molecule has 0 aliphatic rings. The Bertz CT molecular complexity index is 481. The summed E-state index contributed by atoms with van der Waals surface area (Å²) in [5, 5.41) is 2.57. The molecule has 0 bridgehead atoms. The third-order valence-corrected chi connectivity index (χ3v) is 4.10. The molecule has 18 heavy (non-hydrogen) atoms. The zero-order valence-corrected chi connectivity index (χ0v) is 11.4. The lowest BCUT2D eigenvalue weighted by Gasteiger charge is -2.20. The lowest BCUT2D eigenvalue weighted by molar-refractivity contribution is -0.121. The minimum Gasteiger partial charge on any atom is -0.467 e. The van der Waals surface area contributed by atoms with Crippen molar-refractivity contribution in [3.05, 3.63) is 24.2 Å². The minimum atomic E-state index is -3.56. The zero-order chi connectivity index (χ0) is 13.8. The van der Waals surface area contributed by atoms with Crippen LogP contribution < -0.4 is 5.32 Å². The smallest absolute Gasteiger partial charge is 0.281 e. The first kappa shape index (κ1) is 14.7. The Morgan fingerprint density at radius 2 is 2.06 bits per heavy atom. The maximum Gasteiger partial charge on any atom is 0.281 e. The number of carbonyl (C=O) groups is 1. The van der Waals surface area contributed by atoms with Gasteiger partial charge in [-0.2, -0.15) is 17.0 Å². The summed E-state index contributed by atoms with van der Waals surface area (Å²) in [6.45, 7) is 0.00288. The number of nitrogens with zero attached hydrogens (tertiary/aromatic N) is 2. The largest absolute Gasteiger partial charge is 0.467 e. The van der Waals surface area contributed by atoms with Crippen LogP contribution in [0.1, 0.15) is 5.76 Å². The van der Waals surface area contributed by atoms with Crippen molar-refractivity contribution < 1.29 is 17.6 Å². The molecule has 0 aliphatic heterocycles. The van der Waals surface area contributed by atoms with Gasteiger partial charge in [0.25, 0.3) is 10.2 Å². The second kappa shape index (κ2) is 5.98. The molecule has 1 rings (SSSR count). The predicted molar refractivity (Wildman–Crippen MR) is 65.8 cm³/mol. The number of hydrogen-bond donors (Lipinski definition) is 1. The molecule has 0 unspecified atom stereocenters. The standard InChI is InChI=1S/C10H17N3O4S/c1-12(2)18(15,16)13(3)8-10(14)11-7-9-5-4-6-17-9/h4-6H,7-8H2,1-3H3,(H,11,14). The molecule has 0 saturated heterocycles. The fraction of sp³-hybridized carbons (Fsp3) is 0.500. The van der Waals surface area contributed by atoms with Crippen LogP contribution in [0.25, 0.3) is 0 Å². The number of amides is 1. The molecule has 0 radical (unpaired) electrons. The van der Waals surface area contributed by atoms with Gasteiger partial charge in [0.2, 0.25) is 5.91 Å². The SMILES string of the molecule is CN(C)S(=O)(=O)N(C)CC(=O)NCc1ccco1. The Balaban J connectivity index is 2.45. The summed E-state index contributed by atoms with van der Waals surface area (Å²) in [6, 6.07) is 3.44. The maximum absolute atomic E-state index is 11.7. The highest BCUT2D eigenvalue weighted by Crippen LogP contribution is 2.01. The van der Waals surface area contributed by atoms with Crippen molar-refractivity contribution >= 4 is 16.1 Å². The molecule has 0 aromatic carbocycles. The van der Waals surface area contributed by atoms with E-state index in [2.05, 4.69) is 5.32 Å². The molecular weight excluding hydrogens is 258 g/mol. The highest BCUT2D eigenvalue weighted by atomic mass is 32.2. The van der Waals surface area contributed by atoms with Crippen LogP contribution >= 0.6 is 0 Å². The number of rotatable bonds is 6. The van der Waals surface area contributed by atoms with Gasteiger partial charge in [-0.15, -0.1) is 0 Å². The Kier molecular flexibility index (Phi) is 4.88. The quantitative estimate of drug-likeness (QED) is 0.768. The van der Waals surface area contributed by atoms with E-state index < -0.39 is 10.2 Å². The summed E-state index contributed by atoms with van der Waals surface area (Å²) in [6.07, 6.45) is 1.50. The molecule has 1 heterocycles. The normalized spacial score (nSPS) is 12.1. The number of likely N-dealkylation sites (N-methyl/N-ethyl adjacent to an activating group) is 1. The molecule has 1 N–H and O–H groups in total. The van der Waals surface area contributed by atoms with Crippen molar-refractivity contribution in [1.82, 2.24) is 13.9 Å². The topological polar surface area (TPSA) is 82.9 Å². The van der Waals surface area contributed by atoms with Gasteiger partial charge in [-0.05, 0) is 12.1 Å². The fourth-order valence-corrected chi connectivity index (χ4v) is 2.06. The molecule has 0 aliphatic carbocycles. The second-order valence-electron chi connectivity index (χ2n) is 3.90. The van der Waals surface area contributed by atoms with Gasteiger partial charge in [-0.1, -0.05) is 0 Å². The van der Waals surface area contributed by atoms with Crippen molar-refractivity contribution in [2.75, 3.05) is 27.7 Å². The van der Waals surface area contributed by atoms with E-state index >= 15 is 0 Å². The van der Waals surface area contributed by atoms with Gasteiger partial charge in [0.05, 0.1) is 19.4 Å². The van der Waals surface area contributed by atoms with Crippen LogP contribution in [0, 0.1) is 0 Å². The van der Waals surface area contributed by atoms with Crippen LogP contribution in [-0.2, 0) is 21.5 Å². The van der Waals surface area contributed by atoms with Gasteiger partial charge in [-0.25, -0.2) is 0 Å². The Labute approximate surface area is 107 Å². The summed E-state index contributed by atoms with van der Waals surface area (Å²) in [7, 11) is 0.606. The van der Waals surface area contributed by atoms with Gasteiger partial charge in [-0.3, -0.25) is 4.79 Å². The van der Waals surface area contributed by atoms with E-state index in [1.807, 2.05) is 0 Å². The number of nitrogens with one attached hydrogen (secondary N) is 1. The van der Waals surface area contributed by atoms with Crippen LogP contribution in [0.15, 0.2) is 22.8 Å². The van der Waals surface area contributed by atoms with Gasteiger partial charge in [0.15, 0.2) is 0 Å². The molecule has 8 heteroatoms.